The molecule has 0 saturated carbocycles. The van der Waals surface area contributed by atoms with Gasteiger partial charge in [0.1, 0.15) is 0 Å². The van der Waals surface area contributed by atoms with E-state index in [1.165, 1.54) is 5.56 Å². The predicted molar refractivity (Wildman–Crippen MR) is 95.6 cm³/mol. The van der Waals surface area contributed by atoms with Crippen molar-refractivity contribution in [3.63, 3.8) is 0 Å². The molecule has 1 aliphatic heterocycles. The molecule has 5 nitrogen and oxygen atoms in total. The number of hydrogen-bond acceptors (Lipinski definition) is 3. The van der Waals surface area contributed by atoms with Gasteiger partial charge in [-0.1, -0.05) is 37.6 Å². The third kappa shape index (κ3) is 5.69. The summed E-state index contributed by atoms with van der Waals surface area (Å²) < 4.78 is 0. The number of aryl methyl sites for hydroxylation is 1. The lowest BCUT2D eigenvalue weighted by Gasteiger charge is -2.30. The fourth-order valence-corrected chi connectivity index (χ4v) is 3.17. The highest BCUT2D eigenvalue weighted by Crippen LogP contribution is 2.18. The third-order valence-electron chi connectivity index (χ3n) is 4.78. The Bertz CT molecular complexity index is 609. The van der Waals surface area contributed by atoms with Crippen molar-refractivity contribution in [2.75, 3.05) is 13.1 Å². The van der Waals surface area contributed by atoms with Crippen LogP contribution in [0.5, 0.6) is 0 Å². The average Bonchev–Trinajstić information content (AvgIpc) is 2.64. The minimum absolute atomic E-state index is 0.0396. The van der Waals surface area contributed by atoms with Gasteiger partial charge in [-0.15, -0.1) is 0 Å². The number of unbranched alkanes of at least 4 members (excludes halogenated alkanes) is 1. The van der Waals surface area contributed by atoms with E-state index in [0.29, 0.717) is 24.9 Å². The summed E-state index contributed by atoms with van der Waals surface area (Å²) in [6.07, 6.45) is 4.92. The van der Waals surface area contributed by atoms with Gasteiger partial charge in [-0.25, -0.2) is 0 Å². The summed E-state index contributed by atoms with van der Waals surface area (Å²) in [6.45, 7) is 2.99. The molecule has 1 aliphatic rings. The second-order valence-corrected chi connectivity index (χ2v) is 6.74. The fourth-order valence-electron chi connectivity index (χ4n) is 3.17. The van der Waals surface area contributed by atoms with Crippen LogP contribution in [0.25, 0.3) is 0 Å². The van der Waals surface area contributed by atoms with Gasteiger partial charge in [0, 0.05) is 31.5 Å². The zero-order chi connectivity index (χ0) is 18.2. The zero-order valence-corrected chi connectivity index (χ0v) is 14.9. The van der Waals surface area contributed by atoms with Crippen molar-refractivity contribution in [2.24, 2.45) is 5.92 Å². The average molecular weight is 345 g/mol. The van der Waals surface area contributed by atoms with Crippen LogP contribution in [0.2, 0.25) is 0 Å². The van der Waals surface area contributed by atoms with E-state index in [0.717, 1.165) is 19.3 Å². The van der Waals surface area contributed by atoms with Crippen LogP contribution in [-0.4, -0.2) is 40.8 Å². The van der Waals surface area contributed by atoms with Gasteiger partial charge in [-0.3, -0.25) is 14.4 Å². The van der Waals surface area contributed by atoms with E-state index in [2.05, 4.69) is 6.92 Å². The quantitative estimate of drug-likeness (QED) is 0.734. The van der Waals surface area contributed by atoms with Crippen molar-refractivity contribution in [3.8, 4) is 0 Å². The Morgan fingerprint density at radius 1 is 1.16 bits per heavy atom. The Morgan fingerprint density at radius 3 is 2.52 bits per heavy atom. The van der Waals surface area contributed by atoms with Gasteiger partial charge < -0.3 is 10.0 Å². The molecule has 0 aromatic heterocycles. The molecule has 5 heteroatoms. The van der Waals surface area contributed by atoms with Crippen LogP contribution in [0.3, 0.4) is 0 Å². The molecular weight excluding hydrogens is 318 g/mol. The second-order valence-electron chi connectivity index (χ2n) is 6.74. The summed E-state index contributed by atoms with van der Waals surface area (Å²) in [5.41, 5.74) is 1.86. The van der Waals surface area contributed by atoms with E-state index in [1.54, 1.807) is 4.90 Å². The van der Waals surface area contributed by atoms with Crippen LogP contribution >= 0.6 is 0 Å². The number of nitrogens with zero attached hydrogens (tertiary/aromatic N) is 1. The topological polar surface area (TPSA) is 74.7 Å². The summed E-state index contributed by atoms with van der Waals surface area (Å²) >= 11 is 0. The SMILES string of the molecule is CCCCc1ccc(C(=O)CCC(=O)N2CCCC(C(=O)O)C2)cc1. The lowest BCUT2D eigenvalue weighted by molar-refractivity contribution is -0.145. The van der Waals surface area contributed by atoms with E-state index >= 15 is 0 Å². The first-order valence-electron chi connectivity index (χ1n) is 9.14. The lowest BCUT2D eigenvalue weighted by atomic mass is 9.97. The molecule has 1 unspecified atom stereocenters. The molecule has 1 saturated heterocycles. The molecule has 1 fully saturated rings. The molecule has 2 rings (SSSR count). The summed E-state index contributed by atoms with van der Waals surface area (Å²) in [6, 6.07) is 7.62. The summed E-state index contributed by atoms with van der Waals surface area (Å²) in [5.74, 6) is -1.50. The molecule has 0 bridgehead atoms. The predicted octanol–water partition coefficient (Wildman–Crippen LogP) is 3.32. The minimum Gasteiger partial charge on any atom is -0.481 e. The molecule has 0 spiro atoms. The first-order chi connectivity index (χ1) is 12.0. The molecular formula is C20H27NO4. The molecule has 0 aliphatic carbocycles. The normalized spacial score (nSPS) is 17.3. The van der Waals surface area contributed by atoms with Crippen LogP contribution in [0, 0.1) is 5.92 Å². The molecule has 1 heterocycles. The molecule has 1 amide bonds. The number of rotatable bonds is 8. The number of piperidine rings is 1. The first kappa shape index (κ1) is 19.2. The summed E-state index contributed by atoms with van der Waals surface area (Å²) in [4.78, 5) is 37.2. The Morgan fingerprint density at radius 2 is 1.88 bits per heavy atom. The largest absolute Gasteiger partial charge is 0.481 e. The lowest BCUT2D eigenvalue weighted by Crippen LogP contribution is -2.42. The zero-order valence-electron chi connectivity index (χ0n) is 14.9. The van der Waals surface area contributed by atoms with E-state index < -0.39 is 11.9 Å². The Hall–Kier alpha value is -2.17. The van der Waals surface area contributed by atoms with E-state index in [1.807, 2.05) is 24.3 Å². The Labute approximate surface area is 149 Å². The van der Waals surface area contributed by atoms with Crippen LogP contribution in [0.4, 0.5) is 0 Å². The van der Waals surface area contributed by atoms with E-state index in [-0.39, 0.29) is 31.1 Å². The number of carboxylic acids is 1. The van der Waals surface area contributed by atoms with Crippen LogP contribution < -0.4 is 0 Å². The maximum absolute atomic E-state index is 12.3. The van der Waals surface area contributed by atoms with Crippen LogP contribution in [0.15, 0.2) is 24.3 Å². The van der Waals surface area contributed by atoms with Gasteiger partial charge in [0.05, 0.1) is 5.92 Å². The highest BCUT2D eigenvalue weighted by molar-refractivity contribution is 5.98. The number of aliphatic carboxylic acids is 1. The number of hydrogen-bond donors (Lipinski definition) is 1. The van der Waals surface area contributed by atoms with Crippen molar-refractivity contribution in [2.45, 2.75) is 51.9 Å². The van der Waals surface area contributed by atoms with E-state index in [9.17, 15) is 14.4 Å². The van der Waals surface area contributed by atoms with Crippen molar-refractivity contribution in [3.05, 3.63) is 35.4 Å². The smallest absolute Gasteiger partial charge is 0.308 e. The third-order valence-corrected chi connectivity index (χ3v) is 4.78. The summed E-state index contributed by atoms with van der Waals surface area (Å²) in [7, 11) is 0. The first-order valence-corrected chi connectivity index (χ1v) is 9.14. The highest BCUT2D eigenvalue weighted by atomic mass is 16.4. The maximum Gasteiger partial charge on any atom is 0.308 e. The second kappa shape index (κ2) is 9.35. The number of carbonyl (C=O) groups excluding carboxylic acids is 2. The summed E-state index contributed by atoms with van der Waals surface area (Å²) in [5, 5.41) is 9.09. The van der Waals surface area contributed by atoms with Crippen molar-refractivity contribution >= 4 is 17.7 Å². The van der Waals surface area contributed by atoms with Gasteiger partial charge in [0.15, 0.2) is 5.78 Å². The van der Waals surface area contributed by atoms with Crippen molar-refractivity contribution in [1.29, 1.82) is 0 Å². The number of carbonyl (C=O) groups is 3. The fraction of sp³-hybridized carbons (Fsp3) is 0.550. The van der Waals surface area contributed by atoms with Crippen molar-refractivity contribution in [1.82, 2.24) is 4.90 Å². The highest BCUT2D eigenvalue weighted by Gasteiger charge is 2.28. The molecule has 1 atom stereocenters. The van der Waals surface area contributed by atoms with E-state index in [4.69, 9.17) is 5.11 Å². The molecule has 25 heavy (non-hydrogen) atoms. The van der Waals surface area contributed by atoms with Crippen molar-refractivity contribution < 1.29 is 19.5 Å². The molecule has 136 valence electrons. The van der Waals surface area contributed by atoms with Gasteiger partial charge >= 0.3 is 5.97 Å². The van der Waals surface area contributed by atoms with Gasteiger partial charge in [0.25, 0.3) is 0 Å². The van der Waals surface area contributed by atoms with Crippen LogP contribution in [0.1, 0.15) is 61.4 Å². The number of carboxylic acid groups (broad SMARTS) is 1. The molecule has 0 radical (unpaired) electrons. The molecule has 1 aromatic rings. The van der Waals surface area contributed by atoms with Gasteiger partial charge in [-0.05, 0) is 31.2 Å². The number of benzene rings is 1. The number of likely N-dealkylation sites (tertiary alicyclic amines) is 1. The maximum atomic E-state index is 12.3. The van der Waals surface area contributed by atoms with Gasteiger partial charge in [-0.2, -0.15) is 0 Å². The number of Topliss-reactive ketones (excluding diaryl/α,β-unsaturated/α-hetero) is 1. The number of ketones is 1. The molecule has 1 aromatic carbocycles. The minimum atomic E-state index is -0.850. The Balaban J connectivity index is 1.82. The van der Waals surface area contributed by atoms with Gasteiger partial charge in [0.2, 0.25) is 5.91 Å². The molecule has 1 N–H and O–H groups in total. The number of amides is 1. The Kier molecular flexibility index (Phi) is 7.16. The monoisotopic (exact) mass is 345 g/mol. The standard InChI is InChI=1S/C20H27NO4/c1-2-3-5-15-7-9-16(10-8-15)18(22)11-12-19(23)21-13-4-6-17(14-21)20(24)25/h7-10,17H,2-6,11-14H2,1H3,(H,24,25). The van der Waals surface area contributed by atoms with Crippen LogP contribution in [-0.2, 0) is 16.0 Å².